The first-order valence-corrected chi connectivity index (χ1v) is 8.48. The molecule has 23 heavy (non-hydrogen) atoms. The number of halogens is 3. The van der Waals surface area contributed by atoms with Crippen molar-refractivity contribution in [3.05, 3.63) is 49.3 Å². The number of aromatic nitrogens is 3. The van der Waals surface area contributed by atoms with Crippen molar-refractivity contribution in [2.24, 2.45) is 5.41 Å². The van der Waals surface area contributed by atoms with Gasteiger partial charge in [-0.05, 0) is 37.3 Å². The average molecular weight is 449 g/mol. The minimum Gasteiger partial charge on any atom is -0.348 e. The molecule has 124 valence electrons. The molecular formula is C15H16Br2FN3O2. The van der Waals surface area contributed by atoms with Crippen molar-refractivity contribution >= 4 is 38.1 Å². The molecule has 2 rings (SSSR count). The van der Waals surface area contributed by atoms with Crippen LogP contribution in [0, 0.1) is 11.2 Å². The molecule has 2 aromatic rings. The Morgan fingerprint density at radius 2 is 2.04 bits per heavy atom. The summed E-state index contributed by atoms with van der Waals surface area (Å²) in [7, 11) is 0. The molecule has 1 atom stereocenters. The van der Waals surface area contributed by atoms with Gasteiger partial charge in [-0.15, -0.1) is 0 Å². The molecule has 0 N–H and O–H groups in total. The molecule has 0 aliphatic heterocycles. The Morgan fingerprint density at radius 1 is 1.39 bits per heavy atom. The Labute approximate surface area is 149 Å². The number of carbonyl (C=O) groups is 1. The van der Waals surface area contributed by atoms with E-state index in [1.54, 1.807) is 10.8 Å². The van der Waals surface area contributed by atoms with Crippen LogP contribution in [-0.2, 0) is 6.54 Å². The van der Waals surface area contributed by atoms with Gasteiger partial charge in [0, 0.05) is 18.5 Å². The van der Waals surface area contributed by atoms with Gasteiger partial charge in [0.1, 0.15) is 4.60 Å². The molecule has 0 aliphatic rings. The number of pyridine rings is 1. The third-order valence-electron chi connectivity index (χ3n) is 3.60. The molecule has 0 saturated carbocycles. The number of hydrogen-bond acceptors (Lipinski definition) is 3. The summed E-state index contributed by atoms with van der Waals surface area (Å²) in [5.41, 5.74) is -0.449. The minimum atomic E-state index is -0.467. The van der Waals surface area contributed by atoms with Crippen LogP contribution in [0.2, 0.25) is 0 Å². The van der Waals surface area contributed by atoms with Crippen LogP contribution in [0.5, 0.6) is 0 Å². The van der Waals surface area contributed by atoms with Gasteiger partial charge >= 0.3 is 0 Å². The molecule has 0 fully saturated rings. The lowest BCUT2D eigenvalue weighted by atomic mass is 9.86. The van der Waals surface area contributed by atoms with Crippen molar-refractivity contribution in [2.45, 2.75) is 33.4 Å². The summed E-state index contributed by atoms with van der Waals surface area (Å²) >= 11 is 6.25. The van der Waals surface area contributed by atoms with E-state index in [4.69, 9.17) is 0 Å². The smallest absolute Gasteiger partial charge is 0.192 e. The quantitative estimate of drug-likeness (QED) is 0.668. The Bertz CT molecular complexity index is 793. The molecule has 0 unspecified atom stereocenters. The standard InChI is InChI=1S/C15H16Br2FN3O2/c1-15(2,3)11(7-21-14(17)12(18)13(16)19-21)20-5-4-10(23)9(6-20)8-22/h4-6,8,11H,7H2,1-3H3/t11-/m0/s1. The summed E-state index contributed by atoms with van der Waals surface area (Å²) in [6, 6.07) is 1.21. The third kappa shape index (κ3) is 3.80. The zero-order valence-electron chi connectivity index (χ0n) is 12.9. The first-order chi connectivity index (χ1) is 10.6. The van der Waals surface area contributed by atoms with Gasteiger partial charge in [0.25, 0.3) is 0 Å². The SMILES string of the molecule is CC(C)(C)[C@H](Cn1nc(Br)c(F)c1Br)n1ccc(=O)c(C=O)c1. The zero-order chi connectivity index (χ0) is 17.4. The van der Waals surface area contributed by atoms with Crippen LogP contribution in [0.1, 0.15) is 37.2 Å². The molecule has 0 bridgehead atoms. The molecule has 2 aromatic heterocycles. The van der Waals surface area contributed by atoms with Crippen LogP contribution in [0.4, 0.5) is 4.39 Å². The molecule has 2 heterocycles. The lowest BCUT2D eigenvalue weighted by Crippen LogP contribution is -2.30. The molecule has 0 saturated heterocycles. The Kier molecular flexibility index (Phi) is 5.25. The molecule has 5 nitrogen and oxygen atoms in total. The van der Waals surface area contributed by atoms with Crippen LogP contribution >= 0.6 is 31.9 Å². The summed E-state index contributed by atoms with van der Waals surface area (Å²) in [6.45, 7) is 6.45. The number of aldehydes is 1. The van der Waals surface area contributed by atoms with Crippen LogP contribution in [0.25, 0.3) is 0 Å². The van der Waals surface area contributed by atoms with Gasteiger partial charge in [-0.1, -0.05) is 20.8 Å². The number of hydrogen-bond donors (Lipinski definition) is 0. The third-order valence-corrected chi connectivity index (χ3v) is 4.86. The van der Waals surface area contributed by atoms with E-state index >= 15 is 0 Å². The number of nitrogens with zero attached hydrogens (tertiary/aromatic N) is 3. The highest BCUT2D eigenvalue weighted by atomic mass is 79.9. The minimum absolute atomic E-state index is 0.0913. The van der Waals surface area contributed by atoms with Gasteiger partial charge < -0.3 is 4.57 Å². The number of carbonyl (C=O) groups excluding carboxylic acids is 1. The van der Waals surface area contributed by atoms with Gasteiger partial charge in [0.2, 0.25) is 0 Å². The zero-order valence-corrected chi connectivity index (χ0v) is 16.1. The van der Waals surface area contributed by atoms with Crippen LogP contribution in [0.3, 0.4) is 0 Å². The highest BCUT2D eigenvalue weighted by Gasteiger charge is 2.28. The van der Waals surface area contributed by atoms with Crippen LogP contribution < -0.4 is 5.43 Å². The highest BCUT2D eigenvalue weighted by molar-refractivity contribution is 9.11. The average Bonchev–Trinajstić information content (AvgIpc) is 2.71. The summed E-state index contributed by atoms with van der Waals surface area (Å²) in [6.07, 6.45) is 3.70. The fourth-order valence-corrected chi connectivity index (χ4v) is 3.35. The van der Waals surface area contributed by atoms with E-state index in [0.29, 0.717) is 12.8 Å². The second-order valence-corrected chi connectivity index (χ2v) is 7.79. The normalized spacial score (nSPS) is 13.1. The largest absolute Gasteiger partial charge is 0.348 e. The van der Waals surface area contributed by atoms with Gasteiger partial charge in [0.05, 0.1) is 18.2 Å². The van der Waals surface area contributed by atoms with Crippen molar-refractivity contribution in [3.63, 3.8) is 0 Å². The second-order valence-electron chi connectivity index (χ2n) is 6.29. The molecular weight excluding hydrogens is 433 g/mol. The van der Waals surface area contributed by atoms with Crippen molar-refractivity contribution in [2.75, 3.05) is 0 Å². The predicted octanol–water partition coefficient (Wildman–Crippen LogP) is 3.81. The van der Waals surface area contributed by atoms with Gasteiger partial charge in [-0.3, -0.25) is 14.3 Å². The molecule has 0 amide bonds. The van der Waals surface area contributed by atoms with E-state index < -0.39 is 5.82 Å². The molecule has 0 spiro atoms. The topological polar surface area (TPSA) is 56.9 Å². The lowest BCUT2D eigenvalue weighted by molar-refractivity contribution is 0.112. The molecule has 0 radical (unpaired) electrons. The monoisotopic (exact) mass is 447 g/mol. The maximum Gasteiger partial charge on any atom is 0.192 e. The van der Waals surface area contributed by atoms with Gasteiger partial charge in [-0.2, -0.15) is 5.10 Å². The lowest BCUT2D eigenvalue weighted by Gasteiger charge is -2.33. The summed E-state index contributed by atoms with van der Waals surface area (Å²) in [4.78, 5) is 22.6. The first-order valence-electron chi connectivity index (χ1n) is 6.89. The van der Waals surface area contributed by atoms with Crippen LogP contribution in [0.15, 0.2) is 32.5 Å². The summed E-state index contributed by atoms with van der Waals surface area (Å²) < 4.78 is 17.5. The van der Waals surface area contributed by atoms with E-state index in [0.717, 1.165) is 0 Å². The fourth-order valence-electron chi connectivity index (χ4n) is 2.29. The Balaban J connectivity index is 2.48. The summed E-state index contributed by atoms with van der Waals surface area (Å²) in [5, 5.41) is 4.12. The maximum absolute atomic E-state index is 13.8. The van der Waals surface area contributed by atoms with Crippen LogP contribution in [-0.4, -0.2) is 20.6 Å². The van der Waals surface area contributed by atoms with Gasteiger partial charge in [-0.25, -0.2) is 4.39 Å². The van der Waals surface area contributed by atoms with Crippen molar-refractivity contribution in [1.29, 1.82) is 0 Å². The first kappa shape index (κ1) is 18.1. The van der Waals surface area contributed by atoms with Crippen molar-refractivity contribution in [1.82, 2.24) is 14.3 Å². The number of rotatable bonds is 4. The molecule has 0 aromatic carbocycles. The molecule has 8 heteroatoms. The van der Waals surface area contributed by atoms with E-state index in [-0.39, 0.29) is 31.7 Å². The predicted molar refractivity (Wildman–Crippen MR) is 92.2 cm³/mol. The second kappa shape index (κ2) is 6.68. The highest BCUT2D eigenvalue weighted by Crippen LogP contribution is 2.33. The Hall–Kier alpha value is -1.28. The van der Waals surface area contributed by atoms with E-state index in [1.807, 2.05) is 20.8 Å². The maximum atomic E-state index is 13.8. The van der Waals surface area contributed by atoms with E-state index in [2.05, 4.69) is 37.0 Å². The van der Waals surface area contributed by atoms with Crippen molar-refractivity contribution < 1.29 is 9.18 Å². The van der Waals surface area contributed by atoms with E-state index in [1.165, 1.54) is 16.9 Å². The van der Waals surface area contributed by atoms with Crippen molar-refractivity contribution in [3.8, 4) is 0 Å². The Morgan fingerprint density at radius 3 is 2.52 bits per heavy atom. The fraction of sp³-hybridized carbons (Fsp3) is 0.400. The summed E-state index contributed by atoms with van der Waals surface area (Å²) in [5.74, 6) is -0.467. The van der Waals surface area contributed by atoms with E-state index in [9.17, 15) is 14.0 Å². The molecule has 0 aliphatic carbocycles. The van der Waals surface area contributed by atoms with Gasteiger partial charge in [0.15, 0.2) is 22.1 Å².